The minimum absolute atomic E-state index is 0.201. The van der Waals surface area contributed by atoms with Crippen LogP contribution in [0.2, 0.25) is 0 Å². The molecular formula is C13H20N6O3. The molecule has 1 fully saturated rings. The van der Waals surface area contributed by atoms with Crippen molar-refractivity contribution in [3.63, 3.8) is 0 Å². The van der Waals surface area contributed by atoms with Gasteiger partial charge in [0.2, 0.25) is 5.95 Å². The number of anilines is 1. The maximum absolute atomic E-state index is 12.6. The summed E-state index contributed by atoms with van der Waals surface area (Å²) in [5.41, 5.74) is 0.572. The first-order valence-electron chi connectivity index (χ1n) is 7.23. The van der Waals surface area contributed by atoms with Gasteiger partial charge in [-0.25, -0.2) is 0 Å². The molecule has 22 heavy (non-hydrogen) atoms. The highest BCUT2D eigenvalue weighted by atomic mass is 16.5. The van der Waals surface area contributed by atoms with E-state index in [0.717, 1.165) is 26.2 Å². The number of ether oxygens (including phenoxy) is 2. The molecule has 2 aromatic heterocycles. The Morgan fingerprint density at radius 1 is 1.23 bits per heavy atom. The van der Waals surface area contributed by atoms with Gasteiger partial charge in [0.25, 0.3) is 5.56 Å². The first-order chi connectivity index (χ1) is 10.7. The maximum Gasteiger partial charge on any atom is 0.301 e. The van der Waals surface area contributed by atoms with Crippen molar-refractivity contribution < 1.29 is 9.47 Å². The largest absolute Gasteiger partial charge is 0.468 e. The zero-order chi connectivity index (χ0) is 15.5. The number of H-pyrrole nitrogens is 1. The molecule has 0 aromatic carbocycles. The number of nitrogens with zero attached hydrogens (tertiary/aromatic N) is 4. The van der Waals surface area contributed by atoms with E-state index < -0.39 is 0 Å². The summed E-state index contributed by atoms with van der Waals surface area (Å²) in [6.45, 7) is 4.26. The van der Waals surface area contributed by atoms with E-state index in [4.69, 9.17) is 9.47 Å². The summed E-state index contributed by atoms with van der Waals surface area (Å²) in [4.78, 5) is 26.6. The zero-order valence-electron chi connectivity index (χ0n) is 12.8. The quantitative estimate of drug-likeness (QED) is 0.745. The number of piperazine rings is 1. The van der Waals surface area contributed by atoms with Gasteiger partial charge in [0.05, 0.1) is 20.3 Å². The van der Waals surface area contributed by atoms with Gasteiger partial charge in [-0.3, -0.25) is 9.36 Å². The Hall–Kier alpha value is -2.13. The summed E-state index contributed by atoms with van der Waals surface area (Å²) in [7, 11) is 3.07. The molecule has 9 heteroatoms. The van der Waals surface area contributed by atoms with Crippen LogP contribution in [0.5, 0.6) is 6.01 Å². The van der Waals surface area contributed by atoms with Crippen molar-refractivity contribution in [2.75, 3.05) is 51.9 Å². The molecule has 0 radical (unpaired) electrons. The van der Waals surface area contributed by atoms with Crippen molar-refractivity contribution in [1.29, 1.82) is 0 Å². The molecule has 0 atom stereocenters. The van der Waals surface area contributed by atoms with Gasteiger partial charge in [-0.15, -0.1) is 0 Å². The summed E-state index contributed by atoms with van der Waals surface area (Å²) in [5.74, 6) is 0.674. The third-order valence-electron chi connectivity index (χ3n) is 3.68. The number of nitrogens with one attached hydrogen (secondary N) is 2. The molecule has 9 nitrogen and oxygen atoms in total. The molecule has 120 valence electrons. The highest BCUT2D eigenvalue weighted by molar-refractivity contribution is 5.73. The molecule has 0 amide bonds. The minimum Gasteiger partial charge on any atom is -0.468 e. The zero-order valence-corrected chi connectivity index (χ0v) is 12.8. The van der Waals surface area contributed by atoms with Crippen LogP contribution in [0.25, 0.3) is 11.2 Å². The van der Waals surface area contributed by atoms with Crippen molar-refractivity contribution in [2.24, 2.45) is 0 Å². The van der Waals surface area contributed by atoms with E-state index in [1.54, 1.807) is 7.11 Å². The number of methoxy groups -OCH3 is 2. The van der Waals surface area contributed by atoms with E-state index in [-0.39, 0.29) is 11.6 Å². The molecule has 1 aliphatic rings. The smallest absolute Gasteiger partial charge is 0.301 e. The topological polar surface area (TPSA) is 97.3 Å². The normalized spacial score (nSPS) is 15.5. The number of fused-ring (bicyclic) bond motifs is 1. The number of rotatable bonds is 5. The highest BCUT2D eigenvalue weighted by Gasteiger charge is 2.19. The van der Waals surface area contributed by atoms with E-state index in [0.29, 0.717) is 30.3 Å². The van der Waals surface area contributed by atoms with Crippen molar-refractivity contribution in [1.82, 2.24) is 24.8 Å². The molecular weight excluding hydrogens is 288 g/mol. The molecule has 2 N–H and O–H groups in total. The van der Waals surface area contributed by atoms with Crippen LogP contribution < -0.4 is 20.5 Å². The lowest BCUT2D eigenvalue weighted by Crippen LogP contribution is -2.44. The van der Waals surface area contributed by atoms with Crippen molar-refractivity contribution in [2.45, 2.75) is 6.54 Å². The van der Waals surface area contributed by atoms with Crippen LogP contribution in [0, 0.1) is 0 Å². The fourth-order valence-corrected chi connectivity index (χ4v) is 2.52. The van der Waals surface area contributed by atoms with Gasteiger partial charge in [-0.2, -0.15) is 9.97 Å². The molecule has 1 saturated heterocycles. The fourth-order valence-electron chi connectivity index (χ4n) is 2.52. The number of hydrogen-bond donors (Lipinski definition) is 2. The summed E-state index contributed by atoms with van der Waals surface area (Å²) in [6.07, 6.45) is 0. The van der Waals surface area contributed by atoms with Gasteiger partial charge < -0.3 is 24.7 Å². The predicted molar refractivity (Wildman–Crippen MR) is 81.7 cm³/mol. The van der Waals surface area contributed by atoms with Crippen molar-refractivity contribution >= 4 is 17.1 Å². The average Bonchev–Trinajstić information content (AvgIpc) is 2.99. The summed E-state index contributed by atoms with van der Waals surface area (Å²) >= 11 is 0. The Morgan fingerprint density at radius 3 is 2.68 bits per heavy atom. The summed E-state index contributed by atoms with van der Waals surface area (Å²) in [5, 5.41) is 3.28. The standard InChI is InChI=1S/C13H20N6O3/c1-21-8-7-19-11(20)9-10(17-13(19)22-2)16-12(15-9)18-5-3-14-4-6-18/h14H,3-8H2,1-2H3,(H,15,16). The molecule has 3 heterocycles. The highest BCUT2D eigenvalue weighted by Crippen LogP contribution is 2.16. The minimum atomic E-state index is -0.201. The third-order valence-corrected chi connectivity index (χ3v) is 3.68. The SMILES string of the molecule is COCCn1c(OC)nc2nc(N3CCNCC3)[nH]c2c1=O. The number of aromatic nitrogens is 4. The summed E-state index contributed by atoms with van der Waals surface area (Å²) in [6, 6.07) is 0.243. The van der Waals surface area contributed by atoms with Gasteiger partial charge >= 0.3 is 6.01 Å². The average molecular weight is 308 g/mol. The van der Waals surface area contributed by atoms with Gasteiger partial charge in [0.15, 0.2) is 11.2 Å². The van der Waals surface area contributed by atoms with Gasteiger partial charge in [0.1, 0.15) is 0 Å². The lowest BCUT2D eigenvalue weighted by molar-refractivity contribution is 0.181. The van der Waals surface area contributed by atoms with E-state index in [9.17, 15) is 4.79 Å². The maximum atomic E-state index is 12.6. The number of aromatic amines is 1. The Morgan fingerprint density at radius 2 is 2.00 bits per heavy atom. The molecule has 1 aliphatic heterocycles. The second-order valence-corrected chi connectivity index (χ2v) is 5.04. The molecule has 0 spiro atoms. The van der Waals surface area contributed by atoms with Crippen LogP contribution in [-0.2, 0) is 11.3 Å². The lowest BCUT2D eigenvalue weighted by Gasteiger charge is -2.26. The van der Waals surface area contributed by atoms with Gasteiger partial charge in [-0.1, -0.05) is 0 Å². The third kappa shape index (κ3) is 2.64. The van der Waals surface area contributed by atoms with Crippen molar-refractivity contribution in [3.8, 4) is 6.01 Å². The number of hydrogen-bond acceptors (Lipinski definition) is 7. The van der Waals surface area contributed by atoms with E-state index in [2.05, 4.69) is 25.2 Å². The van der Waals surface area contributed by atoms with Crippen LogP contribution in [0.3, 0.4) is 0 Å². The molecule has 0 saturated carbocycles. The fraction of sp³-hybridized carbons (Fsp3) is 0.615. The second-order valence-electron chi connectivity index (χ2n) is 5.04. The van der Waals surface area contributed by atoms with Crippen LogP contribution in [-0.4, -0.2) is 66.5 Å². The van der Waals surface area contributed by atoms with Gasteiger partial charge in [-0.05, 0) is 0 Å². The Kier molecular flexibility index (Phi) is 4.25. The molecule has 0 bridgehead atoms. The molecule has 3 rings (SSSR count). The Bertz CT molecular complexity index is 704. The van der Waals surface area contributed by atoms with Crippen LogP contribution in [0.1, 0.15) is 0 Å². The van der Waals surface area contributed by atoms with Crippen LogP contribution in [0.4, 0.5) is 5.95 Å². The van der Waals surface area contributed by atoms with Crippen LogP contribution >= 0.6 is 0 Å². The van der Waals surface area contributed by atoms with Crippen LogP contribution in [0.15, 0.2) is 4.79 Å². The Labute approximate surface area is 127 Å². The second kappa shape index (κ2) is 6.32. The van der Waals surface area contributed by atoms with Crippen molar-refractivity contribution in [3.05, 3.63) is 10.4 Å². The van der Waals surface area contributed by atoms with E-state index in [1.807, 2.05) is 0 Å². The van der Waals surface area contributed by atoms with Gasteiger partial charge in [0, 0.05) is 33.3 Å². The predicted octanol–water partition coefficient (Wildman–Crippen LogP) is -0.816. The monoisotopic (exact) mass is 308 g/mol. The summed E-state index contributed by atoms with van der Waals surface area (Å²) < 4.78 is 11.7. The first-order valence-corrected chi connectivity index (χ1v) is 7.23. The first kappa shape index (κ1) is 14.8. The Balaban J connectivity index is 2.03. The molecule has 0 unspecified atom stereocenters. The number of imidazole rings is 1. The van der Waals surface area contributed by atoms with E-state index >= 15 is 0 Å². The van der Waals surface area contributed by atoms with E-state index in [1.165, 1.54) is 11.7 Å². The molecule has 0 aliphatic carbocycles. The lowest BCUT2D eigenvalue weighted by atomic mass is 10.4. The molecule has 2 aromatic rings.